The molecule has 3 atom stereocenters. The molecule has 2 aromatic rings. The Hall–Kier alpha value is -2.40. The Morgan fingerprint density at radius 2 is 1.54 bits per heavy atom. The monoisotopic (exact) mass is 384 g/mol. The average Bonchev–Trinajstić information content (AvgIpc) is 2.71. The van der Waals surface area contributed by atoms with Crippen LogP contribution >= 0.6 is 0 Å². The molecule has 0 amide bonds. The molecule has 0 saturated heterocycles. The summed E-state index contributed by atoms with van der Waals surface area (Å²) >= 11 is 0. The summed E-state index contributed by atoms with van der Waals surface area (Å²) in [4.78, 5) is 0. The maximum absolute atomic E-state index is 5.77. The molecule has 0 bridgehead atoms. The van der Waals surface area contributed by atoms with E-state index < -0.39 is 0 Å². The Labute approximate surface area is 167 Å². The molecule has 2 aromatic carbocycles. The van der Waals surface area contributed by atoms with Gasteiger partial charge in [-0.05, 0) is 29.3 Å². The summed E-state index contributed by atoms with van der Waals surface area (Å²) in [6.45, 7) is 4.34. The van der Waals surface area contributed by atoms with Crippen molar-refractivity contribution in [3.8, 4) is 23.0 Å². The van der Waals surface area contributed by atoms with Gasteiger partial charge in [0.15, 0.2) is 23.0 Å². The summed E-state index contributed by atoms with van der Waals surface area (Å²) in [6.07, 6.45) is 1.02. The van der Waals surface area contributed by atoms with Crippen LogP contribution in [0.15, 0.2) is 24.3 Å². The van der Waals surface area contributed by atoms with Crippen LogP contribution in [-0.2, 0) is 13.0 Å². The first-order valence-electron chi connectivity index (χ1n) is 9.80. The van der Waals surface area contributed by atoms with Crippen molar-refractivity contribution < 1.29 is 23.4 Å². The number of hydrogen-bond donors (Lipinski definition) is 0. The molecule has 2 aliphatic rings. The highest BCUT2D eigenvalue weighted by atomic mass is 16.5. The van der Waals surface area contributed by atoms with Gasteiger partial charge in [0.25, 0.3) is 0 Å². The number of benzene rings is 2. The highest BCUT2D eigenvalue weighted by Crippen LogP contribution is 2.53. The van der Waals surface area contributed by atoms with Crippen LogP contribution in [0.5, 0.6) is 23.0 Å². The minimum Gasteiger partial charge on any atom is -0.493 e. The van der Waals surface area contributed by atoms with E-state index in [9.17, 15) is 0 Å². The Morgan fingerprint density at radius 3 is 2.18 bits per heavy atom. The smallest absolute Gasteiger partial charge is 0.169 e. The summed E-state index contributed by atoms with van der Waals surface area (Å²) in [5.74, 6) is 3.66. The summed E-state index contributed by atoms with van der Waals surface area (Å²) < 4.78 is 23.4. The van der Waals surface area contributed by atoms with E-state index in [1.54, 1.807) is 28.4 Å². The maximum atomic E-state index is 5.77. The molecular weight excluding hydrogens is 354 g/mol. The van der Waals surface area contributed by atoms with Gasteiger partial charge >= 0.3 is 0 Å². The Balaban J connectivity index is 1.88. The van der Waals surface area contributed by atoms with Crippen LogP contribution in [-0.4, -0.2) is 46.5 Å². The molecule has 4 rings (SSSR count). The number of fused-ring (bicyclic) bond motifs is 4. The van der Waals surface area contributed by atoms with Crippen molar-refractivity contribution in [3.63, 3.8) is 0 Å². The van der Waals surface area contributed by atoms with Gasteiger partial charge in [0.2, 0.25) is 0 Å². The number of hydrogen-bond acceptors (Lipinski definition) is 4. The zero-order chi connectivity index (χ0) is 20.1. The third kappa shape index (κ3) is 2.64. The molecule has 0 fully saturated rings. The third-order valence-electron chi connectivity index (χ3n) is 6.70. The van der Waals surface area contributed by atoms with Gasteiger partial charge in [0.05, 0.1) is 47.6 Å². The van der Waals surface area contributed by atoms with Crippen molar-refractivity contribution in [2.45, 2.75) is 31.8 Å². The Kier molecular flexibility index (Phi) is 4.66. The minimum atomic E-state index is 0.353. The molecule has 0 saturated carbocycles. The van der Waals surface area contributed by atoms with E-state index in [0.29, 0.717) is 12.0 Å². The van der Waals surface area contributed by atoms with Gasteiger partial charge in [-0.2, -0.15) is 0 Å². The zero-order valence-electron chi connectivity index (χ0n) is 17.7. The lowest BCUT2D eigenvalue weighted by atomic mass is 9.75. The molecule has 2 heterocycles. The second-order valence-corrected chi connectivity index (χ2v) is 8.12. The van der Waals surface area contributed by atoms with Crippen molar-refractivity contribution >= 4 is 0 Å². The highest BCUT2D eigenvalue weighted by Gasteiger charge is 2.48. The second-order valence-electron chi connectivity index (χ2n) is 8.12. The first kappa shape index (κ1) is 18.9. The van der Waals surface area contributed by atoms with Gasteiger partial charge in [-0.15, -0.1) is 0 Å². The summed E-state index contributed by atoms with van der Waals surface area (Å²) in [5.41, 5.74) is 5.37. The molecule has 2 aliphatic heterocycles. The van der Waals surface area contributed by atoms with Gasteiger partial charge in [-0.1, -0.05) is 13.0 Å². The molecule has 0 aromatic heterocycles. The Bertz CT molecular complexity index is 910. The van der Waals surface area contributed by atoms with E-state index >= 15 is 0 Å². The van der Waals surface area contributed by atoms with Crippen molar-refractivity contribution in [3.05, 3.63) is 46.5 Å². The largest absolute Gasteiger partial charge is 0.493 e. The molecule has 0 N–H and O–H groups in total. The first-order chi connectivity index (χ1) is 13.5. The van der Waals surface area contributed by atoms with Crippen LogP contribution in [0.1, 0.15) is 41.1 Å². The fourth-order valence-corrected chi connectivity index (χ4v) is 5.39. The first-order valence-corrected chi connectivity index (χ1v) is 9.80. The average molecular weight is 384 g/mol. The van der Waals surface area contributed by atoms with Crippen molar-refractivity contribution in [1.82, 2.24) is 0 Å². The number of rotatable bonds is 4. The van der Waals surface area contributed by atoms with Crippen LogP contribution in [0, 0.1) is 0 Å². The fourth-order valence-electron chi connectivity index (χ4n) is 5.39. The number of likely N-dealkylation sites (N-methyl/N-ethyl adjacent to an activating group) is 1. The summed E-state index contributed by atoms with van der Waals surface area (Å²) in [5, 5.41) is 0. The normalized spacial score (nSPS) is 25.2. The van der Waals surface area contributed by atoms with Gasteiger partial charge < -0.3 is 23.4 Å². The van der Waals surface area contributed by atoms with Crippen LogP contribution in [0.3, 0.4) is 0 Å². The van der Waals surface area contributed by atoms with E-state index in [-0.39, 0.29) is 0 Å². The number of ether oxygens (including phenoxy) is 4. The lowest BCUT2D eigenvalue weighted by molar-refractivity contribution is -0.957. The summed E-state index contributed by atoms with van der Waals surface area (Å²) in [7, 11) is 9.21. The van der Waals surface area contributed by atoms with Gasteiger partial charge in [0.1, 0.15) is 12.6 Å². The number of methoxy groups -OCH3 is 4. The lowest BCUT2D eigenvalue weighted by Crippen LogP contribution is -2.54. The number of quaternary nitrogens is 1. The van der Waals surface area contributed by atoms with Gasteiger partial charge in [0, 0.05) is 17.9 Å². The molecule has 150 valence electrons. The SMILES string of the molecule is COc1cc2c(cc1OC)[C@@H]1[C@H](C)c3ccc(OC)c(OC)c3C[N@+]1(C)CC2. The van der Waals surface area contributed by atoms with E-state index in [4.69, 9.17) is 18.9 Å². The van der Waals surface area contributed by atoms with E-state index in [0.717, 1.165) is 47.0 Å². The van der Waals surface area contributed by atoms with Crippen molar-refractivity contribution in [2.75, 3.05) is 42.0 Å². The summed E-state index contributed by atoms with van der Waals surface area (Å²) in [6, 6.07) is 8.96. The quantitative estimate of drug-likeness (QED) is 0.745. The molecule has 0 spiro atoms. The minimum absolute atomic E-state index is 0.353. The second kappa shape index (κ2) is 6.89. The molecule has 5 heteroatoms. The highest BCUT2D eigenvalue weighted by molar-refractivity contribution is 5.55. The molecule has 28 heavy (non-hydrogen) atoms. The van der Waals surface area contributed by atoms with Gasteiger partial charge in [-0.25, -0.2) is 0 Å². The zero-order valence-corrected chi connectivity index (χ0v) is 17.7. The van der Waals surface area contributed by atoms with Crippen LogP contribution in [0.25, 0.3) is 0 Å². The molecule has 5 nitrogen and oxygen atoms in total. The predicted molar refractivity (Wildman–Crippen MR) is 109 cm³/mol. The topological polar surface area (TPSA) is 36.9 Å². The lowest BCUT2D eigenvalue weighted by Gasteiger charge is -2.51. The predicted octanol–water partition coefficient (Wildman–Crippen LogP) is 4.08. The van der Waals surface area contributed by atoms with Crippen LogP contribution in [0.4, 0.5) is 0 Å². The van der Waals surface area contributed by atoms with Crippen LogP contribution in [0.2, 0.25) is 0 Å². The van der Waals surface area contributed by atoms with Crippen LogP contribution < -0.4 is 18.9 Å². The molecule has 0 radical (unpaired) electrons. The van der Waals surface area contributed by atoms with E-state index in [2.05, 4.69) is 32.2 Å². The molecule has 0 unspecified atom stereocenters. The van der Waals surface area contributed by atoms with Crippen molar-refractivity contribution in [2.24, 2.45) is 0 Å². The standard InChI is InChI=1S/C23H30NO4/c1-14-16-7-8-19(25-3)23(28-6)18(16)13-24(2)10-9-15-11-20(26-4)21(27-5)12-17(15)22(14)24/h7-8,11-12,14,22H,9-10,13H2,1-6H3/q+1/t14-,22+,24+/m1/s1. The third-order valence-corrected chi connectivity index (χ3v) is 6.70. The number of nitrogens with zero attached hydrogens (tertiary/aromatic N) is 1. The fraction of sp³-hybridized carbons (Fsp3) is 0.478. The van der Waals surface area contributed by atoms with Gasteiger partial charge in [-0.3, -0.25) is 0 Å². The maximum Gasteiger partial charge on any atom is 0.169 e. The van der Waals surface area contributed by atoms with E-state index in [1.807, 2.05) is 6.07 Å². The molecule has 0 aliphatic carbocycles. The van der Waals surface area contributed by atoms with Crippen molar-refractivity contribution in [1.29, 1.82) is 0 Å². The molecular formula is C23H30NO4+. The Morgan fingerprint density at radius 1 is 0.857 bits per heavy atom. The van der Waals surface area contributed by atoms with E-state index in [1.165, 1.54) is 22.3 Å².